The number of benzene rings is 1. The zero-order valence-electron chi connectivity index (χ0n) is 14.5. The van der Waals surface area contributed by atoms with Crippen molar-refractivity contribution in [2.24, 2.45) is 5.41 Å². The van der Waals surface area contributed by atoms with Gasteiger partial charge in [-0.3, -0.25) is 0 Å². The third kappa shape index (κ3) is 3.67. The van der Waals surface area contributed by atoms with E-state index in [4.69, 9.17) is 4.74 Å². The molecule has 2 atom stereocenters. The molecule has 0 saturated carbocycles. The van der Waals surface area contributed by atoms with Gasteiger partial charge in [0.15, 0.2) is 0 Å². The summed E-state index contributed by atoms with van der Waals surface area (Å²) in [4.78, 5) is 0. The molecule has 1 saturated heterocycles. The van der Waals surface area contributed by atoms with Gasteiger partial charge in [0.05, 0.1) is 6.10 Å². The Morgan fingerprint density at radius 2 is 1.86 bits per heavy atom. The van der Waals surface area contributed by atoms with Crippen LogP contribution in [0.2, 0.25) is 0 Å². The highest BCUT2D eigenvalue weighted by Crippen LogP contribution is 2.39. The standard InChI is InChI=1S/C19H31NO/c1-13(2)20-12-19(7-8-21-17(19)6)11-18-15(4)9-14(3)10-16(18)5/h9-10,13,17,20H,7-8,11-12H2,1-6H3. The Bertz CT molecular complexity index is 471. The Morgan fingerprint density at radius 3 is 2.33 bits per heavy atom. The highest BCUT2D eigenvalue weighted by molar-refractivity contribution is 5.38. The van der Waals surface area contributed by atoms with Crippen molar-refractivity contribution in [3.8, 4) is 0 Å². The molecule has 1 aliphatic heterocycles. The quantitative estimate of drug-likeness (QED) is 0.886. The van der Waals surface area contributed by atoms with E-state index in [2.05, 4.69) is 59.0 Å². The van der Waals surface area contributed by atoms with Crippen molar-refractivity contribution in [2.45, 2.75) is 66.5 Å². The van der Waals surface area contributed by atoms with Crippen LogP contribution in [-0.4, -0.2) is 25.3 Å². The lowest BCUT2D eigenvalue weighted by Gasteiger charge is -2.34. The highest BCUT2D eigenvalue weighted by Gasteiger charge is 2.41. The maximum absolute atomic E-state index is 5.94. The third-order valence-corrected chi connectivity index (χ3v) is 5.06. The average molecular weight is 289 g/mol. The molecule has 0 amide bonds. The summed E-state index contributed by atoms with van der Waals surface area (Å²) in [5.74, 6) is 0. The fraction of sp³-hybridized carbons (Fsp3) is 0.684. The van der Waals surface area contributed by atoms with Crippen LogP contribution in [0.3, 0.4) is 0 Å². The first-order valence-electron chi connectivity index (χ1n) is 8.26. The predicted octanol–water partition coefficient (Wildman–Crippen LogP) is 3.95. The van der Waals surface area contributed by atoms with Gasteiger partial charge in [-0.25, -0.2) is 0 Å². The molecule has 2 unspecified atom stereocenters. The summed E-state index contributed by atoms with van der Waals surface area (Å²) in [5, 5.41) is 3.65. The first kappa shape index (κ1) is 16.5. The number of aryl methyl sites for hydroxylation is 3. The van der Waals surface area contributed by atoms with Gasteiger partial charge >= 0.3 is 0 Å². The van der Waals surface area contributed by atoms with Crippen molar-refractivity contribution >= 4 is 0 Å². The van der Waals surface area contributed by atoms with E-state index in [0.717, 1.165) is 26.0 Å². The van der Waals surface area contributed by atoms with Gasteiger partial charge in [0.2, 0.25) is 0 Å². The zero-order chi connectivity index (χ0) is 15.6. The Morgan fingerprint density at radius 1 is 1.24 bits per heavy atom. The van der Waals surface area contributed by atoms with Crippen LogP contribution >= 0.6 is 0 Å². The van der Waals surface area contributed by atoms with Crippen LogP contribution in [0.25, 0.3) is 0 Å². The number of hydrogen-bond donors (Lipinski definition) is 1. The molecule has 1 fully saturated rings. The van der Waals surface area contributed by atoms with Crippen LogP contribution in [0, 0.1) is 26.2 Å². The molecule has 2 heteroatoms. The SMILES string of the molecule is Cc1cc(C)c(CC2(CNC(C)C)CCOC2C)c(C)c1. The summed E-state index contributed by atoms with van der Waals surface area (Å²) in [7, 11) is 0. The van der Waals surface area contributed by atoms with Crippen molar-refractivity contribution in [1.29, 1.82) is 0 Å². The third-order valence-electron chi connectivity index (χ3n) is 5.06. The Kier molecular flexibility index (Phi) is 5.11. The smallest absolute Gasteiger partial charge is 0.0619 e. The van der Waals surface area contributed by atoms with E-state index in [1.807, 2.05) is 0 Å². The maximum Gasteiger partial charge on any atom is 0.0619 e. The molecule has 21 heavy (non-hydrogen) atoms. The topological polar surface area (TPSA) is 21.3 Å². The first-order valence-corrected chi connectivity index (χ1v) is 8.26. The van der Waals surface area contributed by atoms with Gasteiger partial charge in [0.1, 0.15) is 0 Å². The van der Waals surface area contributed by atoms with Crippen LogP contribution < -0.4 is 5.32 Å². The molecule has 1 heterocycles. The second-order valence-electron chi connectivity index (χ2n) is 7.22. The van der Waals surface area contributed by atoms with E-state index in [9.17, 15) is 0 Å². The van der Waals surface area contributed by atoms with Crippen molar-refractivity contribution in [1.82, 2.24) is 5.32 Å². The minimum Gasteiger partial charge on any atom is -0.378 e. The van der Waals surface area contributed by atoms with Crippen molar-refractivity contribution in [2.75, 3.05) is 13.2 Å². The fourth-order valence-corrected chi connectivity index (χ4v) is 3.59. The van der Waals surface area contributed by atoms with Crippen LogP contribution in [0.5, 0.6) is 0 Å². The summed E-state index contributed by atoms with van der Waals surface area (Å²) in [6, 6.07) is 5.15. The lowest BCUT2D eigenvalue weighted by molar-refractivity contribution is 0.0619. The molecule has 0 aliphatic carbocycles. The molecular formula is C19H31NO. The van der Waals surface area contributed by atoms with E-state index in [0.29, 0.717) is 12.1 Å². The molecule has 118 valence electrons. The molecule has 0 radical (unpaired) electrons. The summed E-state index contributed by atoms with van der Waals surface area (Å²) in [5.41, 5.74) is 5.96. The molecule has 0 bridgehead atoms. The van der Waals surface area contributed by atoms with Crippen molar-refractivity contribution in [3.63, 3.8) is 0 Å². The van der Waals surface area contributed by atoms with E-state index < -0.39 is 0 Å². The summed E-state index contributed by atoms with van der Waals surface area (Å²) < 4.78 is 5.94. The average Bonchev–Trinajstić information content (AvgIpc) is 2.73. The lowest BCUT2D eigenvalue weighted by Crippen LogP contribution is -2.43. The van der Waals surface area contributed by atoms with Gasteiger partial charge in [0.25, 0.3) is 0 Å². The number of rotatable bonds is 5. The molecule has 0 aromatic heterocycles. The number of hydrogen-bond acceptors (Lipinski definition) is 2. The van der Waals surface area contributed by atoms with Crippen molar-refractivity contribution in [3.05, 3.63) is 34.4 Å². The van der Waals surface area contributed by atoms with Crippen LogP contribution in [-0.2, 0) is 11.2 Å². The molecule has 1 aromatic carbocycles. The predicted molar refractivity (Wildman–Crippen MR) is 90.0 cm³/mol. The molecule has 1 aliphatic rings. The Balaban J connectivity index is 2.27. The normalized spacial score (nSPS) is 25.8. The molecule has 2 rings (SSSR count). The van der Waals surface area contributed by atoms with E-state index in [-0.39, 0.29) is 5.41 Å². The summed E-state index contributed by atoms with van der Waals surface area (Å²) >= 11 is 0. The van der Waals surface area contributed by atoms with Crippen molar-refractivity contribution < 1.29 is 4.74 Å². The molecule has 2 nitrogen and oxygen atoms in total. The minimum atomic E-state index is 0.231. The van der Waals surface area contributed by atoms with Crippen LogP contribution in [0.1, 0.15) is 49.4 Å². The van der Waals surface area contributed by atoms with Crippen LogP contribution in [0.4, 0.5) is 0 Å². The maximum atomic E-state index is 5.94. The van der Waals surface area contributed by atoms with E-state index in [1.54, 1.807) is 0 Å². The molecule has 1 aromatic rings. The van der Waals surface area contributed by atoms with Gasteiger partial charge in [-0.05, 0) is 57.2 Å². The van der Waals surface area contributed by atoms with Gasteiger partial charge in [-0.2, -0.15) is 0 Å². The monoisotopic (exact) mass is 289 g/mol. The zero-order valence-corrected chi connectivity index (χ0v) is 14.5. The number of nitrogens with one attached hydrogen (secondary N) is 1. The first-order chi connectivity index (χ1) is 9.84. The number of ether oxygens (including phenoxy) is 1. The lowest BCUT2D eigenvalue weighted by atomic mass is 9.74. The largest absolute Gasteiger partial charge is 0.378 e. The van der Waals surface area contributed by atoms with E-state index in [1.165, 1.54) is 22.3 Å². The molecule has 0 spiro atoms. The summed E-state index contributed by atoms with van der Waals surface area (Å²) in [6.45, 7) is 15.3. The molecular weight excluding hydrogens is 258 g/mol. The van der Waals surface area contributed by atoms with Gasteiger partial charge in [-0.1, -0.05) is 31.5 Å². The van der Waals surface area contributed by atoms with Gasteiger partial charge in [0, 0.05) is 24.6 Å². The second-order valence-corrected chi connectivity index (χ2v) is 7.22. The Hall–Kier alpha value is -0.860. The second kappa shape index (κ2) is 6.50. The van der Waals surface area contributed by atoms with Gasteiger partial charge < -0.3 is 10.1 Å². The minimum absolute atomic E-state index is 0.231. The Labute approximate surface area is 130 Å². The highest BCUT2D eigenvalue weighted by atomic mass is 16.5. The van der Waals surface area contributed by atoms with Crippen LogP contribution in [0.15, 0.2) is 12.1 Å². The summed E-state index contributed by atoms with van der Waals surface area (Å²) in [6.07, 6.45) is 2.59. The van der Waals surface area contributed by atoms with E-state index >= 15 is 0 Å². The van der Waals surface area contributed by atoms with Gasteiger partial charge in [-0.15, -0.1) is 0 Å². The molecule has 1 N–H and O–H groups in total. The fourth-order valence-electron chi connectivity index (χ4n) is 3.59.